The largest absolute Gasteiger partial charge is 0.378 e. The standard InChI is InChI=1S/C17H19N3O2/c1-13-2-4-14(5-3-13)19-17(21)16-12-15(6-7-18-16)20-8-10-22-11-9-20/h2-7,12H,8-11H2,1H3,(H,19,21). The van der Waals surface area contributed by atoms with E-state index in [2.05, 4.69) is 15.2 Å². The molecule has 114 valence electrons. The van der Waals surface area contributed by atoms with Crippen molar-refractivity contribution in [3.63, 3.8) is 0 Å². The van der Waals surface area contributed by atoms with Crippen LogP contribution in [0.2, 0.25) is 0 Å². The van der Waals surface area contributed by atoms with E-state index in [1.807, 2.05) is 43.3 Å². The van der Waals surface area contributed by atoms with Crippen molar-refractivity contribution in [1.29, 1.82) is 0 Å². The molecule has 0 radical (unpaired) electrons. The average Bonchev–Trinajstić information content (AvgIpc) is 2.58. The lowest BCUT2D eigenvalue weighted by Crippen LogP contribution is -2.36. The molecule has 5 nitrogen and oxygen atoms in total. The minimum absolute atomic E-state index is 0.195. The number of rotatable bonds is 3. The lowest BCUT2D eigenvalue weighted by Gasteiger charge is -2.28. The number of hydrogen-bond donors (Lipinski definition) is 1. The van der Waals surface area contributed by atoms with Gasteiger partial charge in [-0.15, -0.1) is 0 Å². The van der Waals surface area contributed by atoms with Crippen LogP contribution in [0.5, 0.6) is 0 Å². The van der Waals surface area contributed by atoms with Gasteiger partial charge in [0.2, 0.25) is 0 Å². The van der Waals surface area contributed by atoms with Crippen molar-refractivity contribution in [2.45, 2.75) is 6.92 Å². The van der Waals surface area contributed by atoms with Crippen LogP contribution in [0.1, 0.15) is 16.1 Å². The predicted molar refractivity (Wildman–Crippen MR) is 86.4 cm³/mol. The molecule has 1 aromatic carbocycles. The third-order valence-electron chi connectivity index (χ3n) is 3.66. The number of aromatic nitrogens is 1. The number of pyridine rings is 1. The highest BCUT2D eigenvalue weighted by Crippen LogP contribution is 2.17. The smallest absolute Gasteiger partial charge is 0.274 e. The molecule has 0 aliphatic carbocycles. The summed E-state index contributed by atoms with van der Waals surface area (Å²) in [6.07, 6.45) is 1.68. The maximum atomic E-state index is 12.3. The Bertz CT molecular complexity index is 649. The Kier molecular flexibility index (Phi) is 4.34. The number of hydrogen-bond acceptors (Lipinski definition) is 4. The Morgan fingerprint density at radius 2 is 1.91 bits per heavy atom. The molecule has 1 aromatic heterocycles. The Labute approximate surface area is 129 Å². The summed E-state index contributed by atoms with van der Waals surface area (Å²) in [6, 6.07) is 11.5. The van der Waals surface area contributed by atoms with Crippen molar-refractivity contribution < 1.29 is 9.53 Å². The van der Waals surface area contributed by atoms with Crippen molar-refractivity contribution in [3.8, 4) is 0 Å². The topological polar surface area (TPSA) is 54.5 Å². The fourth-order valence-electron chi connectivity index (χ4n) is 2.39. The minimum atomic E-state index is -0.195. The van der Waals surface area contributed by atoms with E-state index in [4.69, 9.17) is 4.74 Å². The van der Waals surface area contributed by atoms with Gasteiger partial charge in [-0.1, -0.05) is 17.7 Å². The van der Waals surface area contributed by atoms with Crippen LogP contribution in [0, 0.1) is 6.92 Å². The number of morpholine rings is 1. The van der Waals surface area contributed by atoms with Gasteiger partial charge in [-0.05, 0) is 31.2 Å². The Hall–Kier alpha value is -2.40. The van der Waals surface area contributed by atoms with Gasteiger partial charge in [-0.2, -0.15) is 0 Å². The van der Waals surface area contributed by atoms with Crippen LogP contribution in [0.25, 0.3) is 0 Å². The summed E-state index contributed by atoms with van der Waals surface area (Å²) >= 11 is 0. The van der Waals surface area contributed by atoms with Gasteiger partial charge in [0.05, 0.1) is 13.2 Å². The molecular weight excluding hydrogens is 278 g/mol. The fourth-order valence-corrected chi connectivity index (χ4v) is 2.39. The van der Waals surface area contributed by atoms with Crippen molar-refractivity contribution in [2.75, 3.05) is 36.5 Å². The third kappa shape index (κ3) is 3.43. The quantitative estimate of drug-likeness (QED) is 0.945. The number of benzene rings is 1. The van der Waals surface area contributed by atoms with Gasteiger partial charge in [-0.25, -0.2) is 0 Å². The second-order valence-electron chi connectivity index (χ2n) is 5.32. The Morgan fingerprint density at radius 3 is 2.64 bits per heavy atom. The van der Waals surface area contributed by atoms with Crippen LogP contribution >= 0.6 is 0 Å². The highest BCUT2D eigenvalue weighted by Gasteiger charge is 2.14. The molecule has 1 aliphatic heterocycles. The lowest BCUT2D eigenvalue weighted by molar-refractivity contribution is 0.102. The summed E-state index contributed by atoms with van der Waals surface area (Å²) < 4.78 is 5.35. The maximum Gasteiger partial charge on any atom is 0.274 e. The highest BCUT2D eigenvalue weighted by atomic mass is 16.5. The zero-order valence-corrected chi connectivity index (χ0v) is 12.6. The molecule has 2 heterocycles. The molecule has 0 atom stereocenters. The number of nitrogens with one attached hydrogen (secondary N) is 1. The minimum Gasteiger partial charge on any atom is -0.378 e. The van der Waals surface area contributed by atoms with Crippen molar-refractivity contribution in [2.24, 2.45) is 0 Å². The number of anilines is 2. The lowest BCUT2D eigenvalue weighted by atomic mass is 10.2. The number of nitrogens with zero attached hydrogens (tertiary/aromatic N) is 2. The molecule has 0 saturated carbocycles. The van der Waals surface area contributed by atoms with Crippen LogP contribution in [0.4, 0.5) is 11.4 Å². The van der Waals surface area contributed by atoms with E-state index >= 15 is 0 Å². The zero-order chi connectivity index (χ0) is 15.4. The number of carbonyl (C=O) groups is 1. The number of carbonyl (C=O) groups excluding carboxylic acids is 1. The van der Waals surface area contributed by atoms with Gasteiger partial charge < -0.3 is 15.0 Å². The van der Waals surface area contributed by atoms with Gasteiger partial charge in [0.15, 0.2) is 0 Å². The zero-order valence-electron chi connectivity index (χ0n) is 12.6. The van der Waals surface area contributed by atoms with E-state index in [1.54, 1.807) is 6.20 Å². The van der Waals surface area contributed by atoms with Crippen LogP contribution in [0.3, 0.4) is 0 Å². The first-order chi connectivity index (χ1) is 10.7. The van der Waals surface area contributed by atoms with Gasteiger partial charge >= 0.3 is 0 Å². The molecule has 0 unspecified atom stereocenters. The molecule has 2 aromatic rings. The van der Waals surface area contributed by atoms with Crippen LogP contribution in [0.15, 0.2) is 42.6 Å². The first-order valence-electron chi connectivity index (χ1n) is 7.39. The summed E-state index contributed by atoms with van der Waals surface area (Å²) in [6.45, 7) is 5.12. The van der Waals surface area contributed by atoms with E-state index in [-0.39, 0.29) is 5.91 Å². The molecule has 22 heavy (non-hydrogen) atoms. The summed E-state index contributed by atoms with van der Waals surface area (Å²) in [5.41, 5.74) is 3.36. The van der Waals surface area contributed by atoms with Crippen LogP contribution in [-0.4, -0.2) is 37.2 Å². The van der Waals surface area contributed by atoms with E-state index in [0.29, 0.717) is 18.9 Å². The first kappa shape index (κ1) is 14.5. The van der Waals surface area contributed by atoms with Crippen LogP contribution in [-0.2, 0) is 4.74 Å². The molecule has 1 amide bonds. The highest BCUT2D eigenvalue weighted by molar-refractivity contribution is 6.03. The maximum absolute atomic E-state index is 12.3. The van der Waals surface area contributed by atoms with Gasteiger partial charge in [0.25, 0.3) is 5.91 Å². The van der Waals surface area contributed by atoms with E-state index in [0.717, 1.165) is 30.0 Å². The summed E-state index contributed by atoms with van der Waals surface area (Å²) in [5, 5.41) is 2.87. The Balaban J connectivity index is 1.73. The predicted octanol–water partition coefficient (Wildman–Crippen LogP) is 2.48. The fraction of sp³-hybridized carbons (Fsp3) is 0.294. The molecule has 1 N–H and O–H groups in total. The van der Waals surface area contributed by atoms with Crippen molar-refractivity contribution in [1.82, 2.24) is 4.98 Å². The molecule has 1 aliphatic rings. The first-order valence-corrected chi connectivity index (χ1v) is 7.39. The molecule has 0 bridgehead atoms. The molecule has 5 heteroatoms. The number of ether oxygens (including phenoxy) is 1. The monoisotopic (exact) mass is 297 g/mol. The summed E-state index contributed by atoms with van der Waals surface area (Å²) in [5.74, 6) is -0.195. The summed E-state index contributed by atoms with van der Waals surface area (Å²) in [4.78, 5) is 18.7. The Morgan fingerprint density at radius 1 is 1.18 bits per heavy atom. The number of aryl methyl sites for hydroxylation is 1. The second-order valence-corrected chi connectivity index (χ2v) is 5.32. The van der Waals surface area contributed by atoms with Crippen LogP contribution < -0.4 is 10.2 Å². The normalized spacial score (nSPS) is 14.7. The SMILES string of the molecule is Cc1ccc(NC(=O)c2cc(N3CCOCC3)ccn2)cc1. The second kappa shape index (κ2) is 6.58. The van der Waals surface area contributed by atoms with E-state index in [9.17, 15) is 4.79 Å². The average molecular weight is 297 g/mol. The van der Waals surface area contributed by atoms with E-state index < -0.39 is 0 Å². The van der Waals surface area contributed by atoms with Gasteiger partial charge in [0, 0.05) is 30.7 Å². The molecular formula is C17H19N3O2. The molecule has 3 rings (SSSR count). The number of amides is 1. The van der Waals surface area contributed by atoms with E-state index in [1.165, 1.54) is 0 Å². The molecule has 1 fully saturated rings. The third-order valence-corrected chi connectivity index (χ3v) is 3.66. The van der Waals surface area contributed by atoms with Crippen molar-refractivity contribution in [3.05, 3.63) is 53.9 Å². The van der Waals surface area contributed by atoms with Gasteiger partial charge in [-0.3, -0.25) is 9.78 Å². The molecule has 0 spiro atoms. The molecule has 1 saturated heterocycles. The van der Waals surface area contributed by atoms with Gasteiger partial charge in [0.1, 0.15) is 5.69 Å². The summed E-state index contributed by atoms with van der Waals surface area (Å²) in [7, 11) is 0. The van der Waals surface area contributed by atoms with Crippen molar-refractivity contribution >= 4 is 17.3 Å².